The van der Waals surface area contributed by atoms with Crippen molar-refractivity contribution in [2.24, 2.45) is 0 Å². The SMILES string of the molecule is O=C(NCCCc1ccccc1)c1sccc1S(=O)(=O)N1CCCCC1. The standard InChI is InChI=1S/C19H24N2O3S2/c22-19(20-12-7-10-16-8-3-1-4-9-16)18-17(11-15-25-18)26(23,24)21-13-5-2-6-14-21/h1,3-4,8-9,11,15H,2,5-7,10,12-14H2,(H,20,22). The fraction of sp³-hybridized carbons (Fsp3) is 0.421. The lowest BCUT2D eigenvalue weighted by Crippen LogP contribution is -2.36. The van der Waals surface area contributed by atoms with Gasteiger partial charge in [-0.25, -0.2) is 8.42 Å². The van der Waals surface area contributed by atoms with Crippen LogP contribution >= 0.6 is 11.3 Å². The molecule has 2 aromatic rings. The van der Waals surface area contributed by atoms with Gasteiger partial charge in [0.15, 0.2) is 0 Å². The van der Waals surface area contributed by atoms with Crippen LogP contribution in [0.15, 0.2) is 46.7 Å². The number of thiophene rings is 1. The second-order valence-electron chi connectivity index (χ2n) is 6.42. The summed E-state index contributed by atoms with van der Waals surface area (Å²) in [5, 5.41) is 4.54. The number of nitrogens with one attached hydrogen (secondary N) is 1. The lowest BCUT2D eigenvalue weighted by Gasteiger charge is -2.25. The van der Waals surface area contributed by atoms with E-state index in [0.29, 0.717) is 19.6 Å². The number of carbonyl (C=O) groups is 1. The molecule has 0 aliphatic carbocycles. The van der Waals surface area contributed by atoms with E-state index in [9.17, 15) is 13.2 Å². The van der Waals surface area contributed by atoms with Gasteiger partial charge in [0.05, 0.1) is 0 Å². The zero-order valence-electron chi connectivity index (χ0n) is 14.7. The molecule has 0 saturated carbocycles. The number of nitrogens with zero attached hydrogens (tertiary/aromatic N) is 1. The Hall–Kier alpha value is -1.70. The summed E-state index contributed by atoms with van der Waals surface area (Å²) in [5.41, 5.74) is 1.23. The zero-order valence-corrected chi connectivity index (χ0v) is 16.3. The maximum Gasteiger partial charge on any atom is 0.262 e. The van der Waals surface area contributed by atoms with Crippen LogP contribution in [0, 0.1) is 0 Å². The summed E-state index contributed by atoms with van der Waals surface area (Å²) in [4.78, 5) is 12.9. The van der Waals surface area contributed by atoms with Gasteiger partial charge in [0, 0.05) is 19.6 Å². The number of rotatable bonds is 7. The quantitative estimate of drug-likeness (QED) is 0.736. The van der Waals surface area contributed by atoms with E-state index in [-0.39, 0.29) is 15.7 Å². The molecule has 7 heteroatoms. The molecule has 1 N–H and O–H groups in total. The maximum absolute atomic E-state index is 12.8. The van der Waals surface area contributed by atoms with E-state index in [0.717, 1.165) is 32.1 Å². The first-order valence-electron chi connectivity index (χ1n) is 8.99. The predicted molar refractivity (Wildman–Crippen MR) is 104 cm³/mol. The minimum absolute atomic E-state index is 0.143. The molecule has 1 aromatic heterocycles. The van der Waals surface area contributed by atoms with Crippen LogP contribution in [0.1, 0.15) is 40.9 Å². The summed E-state index contributed by atoms with van der Waals surface area (Å²) in [6.07, 6.45) is 4.51. The fourth-order valence-electron chi connectivity index (χ4n) is 3.13. The third kappa shape index (κ3) is 4.52. The van der Waals surface area contributed by atoms with E-state index in [1.807, 2.05) is 18.2 Å². The molecule has 2 heterocycles. The molecular weight excluding hydrogens is 368 g/mol. The zero-order chi connectivity index (χ0) is 18.4. The Morgan fingerprint density at radius 3 is 2.54 bits per heavy atom. The Balaban J connectivity index is 1.59. The van der Waals surface area contributed by atoms with Crippen molar-refractivity contribution in [1.29, 1.82) is 0 Å². The summed E-state index contributed by atoms with van der Waals surface area (Å²) in [7, 11) is -3.59. The van der Waals surface area contributed by atoms with E-state index in [1.54, 1.807) is 11.4 Å². The van der Waals surface area contributed by atoms with Gasteiger partial charge >= 0.3 is 0 Å². The molecule has 1 aromatic carbocycles. The lowest BCUT2D eigenvalue weighted by molar-refractivity contribution is 0.0954. The van der Waals surface area contributed by atoms with Crippen LogP contribution in [0.3, 0.4) is 0 Å². The first-order valence-corrected chi connectivity index (χ1v) is 11.3. The van der Waals surface area contributed by atoms with E-state index in [1.165, 1.54) is 21.2 Å². The highest BCUT2D eigenvalue weighted by molar-refractivity contribution is 7.89. The van der Waals surface area contributed by atoms with E-state index in [2.05, 4.69) is 17.4 Å². The van der Waals surface area contributed by atoms with Crippen LogP contribution in [-0.4, -0.2) is 38.3 Å². The van der Waals surface area contributed by atoms with Crippen molar-refractivity contribution in [2.75, 3.05) is 19.6 Å². The number of aryl methyl sites for hydroxylation is 1. The van der Waals surface area contributed by atoms with Gasteiger partial charge in [0.2, 0.25) is 10.0 Å². The summed E-state index contributed by atoms with van der Waals surface area (Å²) in [6, 6.07) is 11.6. The van der Waals surface area contributed by atoms with Crippen molar-refractivity contribution in [2.45, 2.75) is 37.0 Å². The highest BCUT2D eigenvalue weighted by atomic mass is 32.2. The topological polar surface area (TPSA) is 66.5 Å². The second kappa shape index (κ2) is 8.79. The normalized spacial score (nSPS) is 15.7. The Bertz CT molecular complexity index is 825. The van der Waals surface area contributed by atoms with Gasteiger partial charge in [-0.2, -0.15) is 4.31 Å². The number of benzene rings is 1. The predicted octanol–water partition coefficient (Wildman–Crippen LogP) is 3.29. The van der Waals surface area contributed by atoms with E-state index >= 15 is 0 Å². The molecule has 1 aliphatic heterocycles. The molecular formula is C19H24N2O3S2. The van der Waals surface area contributed by atoms with Crippen LogP contribution in [0.5, 0.6) is 0 Å². The Morgan fingerprint density at radius 1 is 1.08 bits per heavy atom. The van der Waals surface area contributed by atoms with Crippen molar-refractivity contribution < 1.29 is 13.2 Å². The molecule has 0 atom stereocenters. The third-order valence-corrected chi connectivity index (χ3v) is 7.52. The Morgan fingerprint density at radius 2 is 1.81 bits per heavy atom. The van der Waals surface area contributed by atoms with Crippen LogP contribution in [0.25, 0.3) is 0 Å². The first kappa shape index (κ1) is 19.1. The van der Waals surface area contributed by atoms with Gasteiger partial charge < -0.3 is 5.32 Å². The van der Waals surface area contributed by atoms with Gasteiger partial charge in [-0.1, -0.05) is 36.8 Å². The molecule has 1 aliphatic rings. The number of carbonyl (C=O) groups excluding carboxylic acids is 1. The van der Waals surface area contributed by atoms with Crippen molar-refractivity contribution >= 4 is 27.3 Å². The Kier molecular flexibility index (Phi) is 6.45. The smallest absolute Gasteiger partial charge is 0.262 e. The van der Waals surface area contributed by atoms with Gasteiger partial charge in [-0.15, -0.1) is 11.3 Å². The van der Waals surface area contributed by atoms with Crippen molar-refractivity contribution in [3.8, 4) is 0 Å². The van der Waals surface area contributed by atoms with Crippen LogP contribution < -0.4 is 5.32 Å². The average molecular weight is 393 g/mol. The summed E-state index contributed by atoms with van der Waals surface area (Å²) < 4.78 is 27.2. The van der Waals surface area contributed by atoms with Crippen LogP contribution in [-0.2, 0) is 16.4 Å². The molecule has 0 spiro atoms. The van der Waals surface area contributed by atoms with Crippen LogP contribution in [0.4, 0.5) is 0 Å². The summed E-state index contributed by atoms with van der Waals surface area (Å²) in [6.45, 7) is 1.60. The van der Waals surface area contributed by atoms with Crippen molar-refractivity contribution in [1.82, 2.24) is 9.62 Å². The number of piperidine rings is 1. The molecule has 0 bridgehead atoms. The number of sulfonamides is 1. The summed E-state index contributed by atoms with van der Waals surface area (Å²) >= 11 is 1.19. The van der Waals surface area contributed by atoms with Gasteiger partial charge in [-0.05, 0) is 42.7 Å². The number of hydrogen-bond acceptors (Lipinski definition) is 4. The largest absolute Gasteiger partial charge is 0.351 e. The lowest BCUT2D eigenvalue weighted by atomic mass is 10.1. The molecule has 0 radical (unpaired) electrons. The third-order valence-electron chi connectivity index (χ3n) is 4.54. The summed E-state index contributed by atoms with van der Waals surface area (Å²) in [5.74, 6) is -0.302. The van der Waals surface area contributed by atoms with Crippen LogP contribution in [0.2, 0.25) is 0 Å². The minimum atomic E-state index is -3.59. The highest BCUT2D eigenvalue weighted by Crippen LogP contribution is 2.27. The molecule has 1 fully saturated rings. The average Bonchev–Trinajstić information content (AvgIpc) is 3.17. The molecule has 140 valence electrons. The molecule has 26 heavy (non-hydrogen) atoms. The molecule has 1 amide bonds. The maximum atomic E-state index is 12.8. The van der Waals surface area contributed by atoms with Gasteiger partial charge in [-0.3, -0.25) is 4.79 Å². The molecule has 3 rings (SSSR count). The van der Waals surface area contributed by atoms with Crippen molar-refractivity contribution in [3.63, 3.8) is 0 Å². The monoisotopic (exact) mass is 392 g/mol. The first-order chi connectivity index (χ1) is 12.6. The fourth-order valence-corrected chi connectivity index (χ4v) is 5.96. The Labute approximate surface area is 159 Å². The van der Waals surface area contributed by atoms with E-state index < -0.39 is 10.0 Å². The molecule has 0 unspecified atom stereocenters. The van der Waals surface area contributed by atoms with Gasteiger partial charge in [0.1, 0.15) is 9.77 Å². The van der Waals surface area contributed by atoms with Gasteiger partial charge in [0.25, 0.3) is 5.91 Å². The molecule has 1 saturated heterocycles. The number of hydrogen-bond donors (Lipinski definition) is 1. The van der Waals surface area contributed by atoms with E-state index in [4.69, 9.17) is 0 Å². The molecule has 5 nitrogen and oxygen atoms in total. The van der Waals surface area contributed by atoms with Crippen molar-refractivity contribution in [3.05, 3.63) is 52.2 Å². The minimum Gasteiger partial charge on any atom is -0.351 e. The second-order valence-corrected chi connectivity index (χ2v) is 9.25. The highest BCUT2D eigenvalue weighted by Gasteiger charge is 2.30. The number of amides is 1.